The zero-order valence-electron chi connectivity index (χ0n) is 10.5. The number of ether oxygens (including phenoxy) is 2. The first kappa shape index (κ1) is 14.8. The van der Waals surface area contributed by atoms with Gasteiger partial charge in [-0.05, 0) is 34.6 Å². The van der Waals surface area contributed by atoms with Gasteiger partial charge >= 0.3 is 0 Å². The van der Waals surface area contributed by atoms with E-state index < -0.39 is 23.9 Å². The highest BCUT2D eigenvalue weighted by atomic mass is 16.5. The average molecular weight is 220 g/mol. The number of hydrogen-bond donors (Lipinski definition) is 2. The zero-order chi connectivity index (χ0) is 12.2. The van der Waals surface area contributed by atoms with E-state index in [1.54, 1.807) is 20.8 Å². The number of rotatable bonds is 6. The van der Waals surface area contributed by atoms with Crippen molar-refractivity contribution >= 4 is 0 Å². The van der Waals surface area contributed by atoms with Gasteiger partial charge in [-0.2, -0.15) is 0 Å². The van der Waals surface area contributed by atoms with Gasteiger partial charge in [-0.25, -0.2) is 0 Å². The van der Waals surface area contributed by atoms with E-state index in [4.69, 9.17) is 9.47 Å². The Morgan fingerprint density at radius 1 is 1.07 bits per heavy atom. The first-order chi connectivity index (χ1) is 6.72. The molecule has 0 bridgehead atoms. The molecule has 0 saturated carbocycles. The van der Waals surface area contributed by atoms with Crippen LogP contribution in [-0.2, 0) is 9.47 Å². The number of aliphatic hydroxyl groups is 2. The van der Waals surface area contributed by atoms with Crippen LogP contribution in [0.25, 0.3) is 0 Å². The van der Waals surface area contributed by atoms with Crippen molar-refractivity contribution in [2.75, 3.05) is 7.11 Å². The molecule has 0 aromatic rings. The summed E-state index contributed by atoms with van der Waals surface area (Å²) in [6, 6.07) is 0. The number of methoxy groups -OCH3 is 1. The third kappa shape index (κ3) is 4.47. The minimum Gasteiger partial charge on any atom is -0.388 e. The normalized spacial score (nSPS) is 19.0. The molecular weight excluding hydrogens is 196 g/mol. The highest BCUT2D eigenvalue weighted by Crippen LogP contribution is 2.20. The summed E-state index contributed by atoms with van der Waals surface area (Å²) in [5, 5.41) is 19.7. The van der Waals surface area contributed by atoms with Crippen LogP contribution in [0, 0.1) is 0 Å². The molecule has 4 nitrogen and oxygen atoms in total. The zero-order valence-corrected chi connectivity index (χ0v) is 10.5. The van der Waals surface area contributed by atoms with Gasteiger partial charge in [0.15, 0.2) is 0 Å². The molecule has 4 heteroatoms. The molecule has 15 heavy (non-hydrogen) atoms. The Kier molecular flexibility index (Phi) is 5.73. The van der Waals surface area contributed by atoms with Crippen LogP contribution in [0.4, 0.5) is 0 Å². The van der Waals surface area contributed by atoms with Gasteiger partial charge in [0.1, 0.15) is 12.2 Å². The summed E-state index contributed by atoms with van der Waals surface area (Å²) < 4.78 is 10.5. The van der Waals surface area contributed by atoms with Crippen molar-refractivity contribution < 1.29 is 19.7 Å². The Labute approximate surface area is 92.2 Å². The quantitative estimate of drug-likeness (QED) is 0.699. The molecule has 0 saturated heterocycles. The molecule has 0 radical (unpaired) electrons. The number of aliphatic hydroxyl groups excluding tert-OH is 2. The van der Waals surface area contributed by atoms with Crippen molar-refractivity contribution in [1.82, 2.24) is 0 Å². The van der Waals surface area contributed by atoms with Gasteiger partial charge in [0.2, 0.25) is 0 Å². The second-order valence-corrected chi connectivity index (χ2v) is 4.63. The molecule has 3 unspecified atom stereocenters. The topological polar surface area (TPSA) is 58.9 Å². The molecule has 0 spiro atoms. The summed E-state index contributed by atoms with van der Waals surface area (Å²) in [6.07, 6.45) is -2.33. The van der Waals surface area contributed by atoms with Crippen LogP contribution in [0.1, 0.15) is 34.6 Å². The third-order valence-corrected chi connectivity index (χ3v) is 2.53. The fourth-order valence-corrected chi connectivity index (χ4v) is 1.30. The van der Waals surface area contributed by atoms with Crippen molar-refractivity contribution in [1.29, 1.82) is 0 Å². The lowest BCUT2D eigenvalue weighted by Gasteiger charge is -2.35. The minimum absolute atomic E-state index is 0.0208. The van der Waals surface area contributed by atoms with Gasteiger partial charge in [-0.1, -0.05) is 0 Å². The SMILES string of the molecule is COC(C)(C)C(O)C(O)C(C)OC(C)C. The summed E-state index contributed by atoms with van der Waals surface area (Å²) in [4.78, 5) is 0. The van der Waals surface area contributed by atoms with Crippen LogP contribution in [0.5, 0.6) is 0 Å². The lowest BCUT2D eigenvalue weighted by atomic mass is 9.94. The van der Waals surface area contributed by atoms with E-state index in [0.717, 1.165) is 0 Å². The molecule has 0 aromatic heterocycles. The molecule has 0 fully saturated rings. The standard InChI is InChI=1S/C11H24O4/c1-7(2)15-8(3)9(12)10(13)11(4,5)14-6/h7-10,12-13H,1-6H3. The molecule has 0 aliphatic rings. The largest absolute Gasteiger partial charge is 0.388 e. The summed E-state index contributed by atoms with van der Waals surface area (Å²) in [6.45, 7) is 8.96. The lowest BCUT2D eigenvalue weighted by Crippen LogP contribution is -2.50. The fourth-order valence-electron chi connectivity index (χ4n) is 1.30. The highest BCUT2D eigenvalue weighted by molar-refractivity contribution is 4.87. The number of hydrogen-bond acceptors (Lipinski definition) is 4. The van der Waals surface area contributed by atoms with Crippen LogP contribution in [-0.4, -0.2) is 47.3 Å². The summed E-state index contributed by atoms with van der Waals surface area (Å²) in [5.41, 5.74) is -0.784. The predicted molar refractivity (Wildman–Crippen MR) is 58.8 cm³/mol. The first-order valence-corrected chi connectivity index (χ1v) is 5.29. The van der Waals surface area contributed by atoms with Gasteiger partial charge in [-0.15, -0.1) is 0 Å². The van der Waals surface area contributed by atoms with Gasteiger partial charge < -0.3 is 19.7 Å². The van der Waals surface area contributed by atoms with E-state index >= 15 is 0 Å². The van der Waals surface area contributed by atoms with Crippen molar-refractivity contribution in [3.05, 3.63) is 0 Å². The van der Waals surface area contributed by atoms with E-state index in [0.29, 0.717) is 0 Å². The van der Waals surface area contributed by atoms with E-state index in [-0.39, 0.29) is 6.10 Å². The van der Waals surface area contributed by atoms with Crippen LogP contribution in [0.15, 0.2) is 0 Å². The molecule has 0 aliphatic carbocycles. The second kappa shape index (κ2) is 5.80. The maximum absolute atomic E-state index is 9.87. The van der Waals surface area contributed by atoms with Crippen LogP contribution >= 0.6 is 0 Å². The van der Waals surface area contributed by atoms with E-state index in [1.807, 2.05) is 13.8 Å². The van der Waals surface area contributed by atoms with Crippen molar-refractivity contribution in [3.63, 3.8) is 0 Å². The van der Waals surface area contributed by atoms with Crippen LogP contribution < -0.4 is 0 Å². The summed E-state index contributed by atoms with van der Waals surface area (Å²) in [7, 11) is 1.50. The Morgan fingerprint density at radius 3 is 1.87 bits per heavy atom. The summed E-state index contributed by atoms with van der Waals surface area (Å²) in [5.74, 6) is 0. The molecular formula is C11H24O4. The van der Waals surface area contributed by atoms with Gasteiger partial charge in [-0.3, -0.25) is 0 Å². The predicted octanol–water partition coefficient (Wildman–Crippen LogP) is 0.947. The van der Waals surface area contributed by atoms with E-state index in [2.05, 4.69) is 0 Å². The van der Waals surface area contributed by atoms with Crippen molar-refractivity contribution in [3.8, 4) is 0 Å². The van der Waals surface area contributed by atoms with Crippen molar-refractivity contribution in [2.45, 2.75) is 64.6 Å². The van der Waals surface area contributed by atoms with Gasteiger partial charge in [0.05, 0.1) is 17.8 Å². The molecule has 92 valence electrons. The van der Waals surface area contributed by atoms with E-state index in [1.165, 1.54) is 7.11 Å². The fraction of sp³-hybridized carbons (Fsp3) is 1.00. The second-order valence-electron chi connectivity index (χ2n) is 4.63. The lowest BCUT2D eigenvalue weighted by molar-refractivity contribution is -0.164. The van der Waals surface area contributed by atoms with Crippen molar-refractivity contribution in [2.24, 2.45) is 0 Å². The summed E-state index contributed by atoms with van der Waals surface area (Å²) >= 11 is 0. The smallest absolute Gasteiger partial charge is 0.111 e. The maximum atomic E-state index is 9.87. The average Bonchev–Trinajstić information content (AvgIpc) is 2.14. The maximum Gasteiger partial charge on any atom is 0.111 e. The molecule has 3 atom stereocenters. The Morgan fingerprint density at radius 2 is 1.53 bits per heavy atom. The van der Waals surface area contributed by atoms with Gasteiger partial charge in [0, 0.05) is 7.11 Å². The molecule has 0 rings (SSSR count). The van der Waals surface area contributed by atoms with Crippen LogP contribution in [0.3, 0.4) is 0 Å². The van der Waals surface area contributed by atoms with E-state index in [9.17, 15) is 10.2 Å². The Bertz CT molecular complexity index is 179. The molecule has 2 N–H and O–H groups in total. The molecule has 0 aromatic carbocycles. The molecule has 0 aliphatic heterocycles. The Balaban J connectivity index is 4.36. The Hall–Kier alpha value is -0.160. The van der Waals surface area contributed by atoms with Crippen LogP contribution in [0.2, 0.25) is 0 Å². The molecule has 0 heterocycles. The first-order valence-electron chi connectivity index (χ1n) is 5.29. The van der Waals surface area contributed by atoms with Gasteiger partial charge in [0.25, 0.3) is 0 Å². The highest BCUT2D eigenvalue weighted by Gasteiger charge is 2.36. The molecule has 0 amide bonds. The third-order valence-electron chi connectivity index (χ3n) is 2.53. The monoisotopic (exact) mass is 220 g/mol. The minimum atomic E-state index is -0.976.